The molecule has 1 heterocycles. The topological polar surface area (TPSA) is 12.5 Å². The van der Waals surface area contributed by atoms with Crippen molar-refractivity contribution >= 4 is 0 Å². The van der Waals surface area contributed by atoms with Crippen LogP contribution in [0, 0.1) is 0 Å². The van der Waals surface area contributed by atoms with E-state index in [0.717, 1.165) is 0 Å². The van der Waals surface area contributed by atoms with Gasteiger partial charge in [0, 0.05) is 18.2 Å². The average Bonchev–Trinajstić information content (AvgIpc) is 2.43. The molecule has 1 aliphatic rings. The summed E-state index contributed by atoms with van der Waals surface area (Å²) in [6.07, 6.45) is -0.929. The summed E-state index contributed by atoms with van der Waals surface area (Å²) in [6, 6.07) is 0.105. The van der Waals surface area contributed by atoms with E-state index in [4.69, 9.17) is 4.74 Å². The summed E-state index contributed by atoms with van der Waals surface area (Å²) < 4.78 is 30.0. The van der Waals surface area contributed by atoms with Crippen LogP contribution in [-0.2, 0) is 4.74 Å². The number of hydrogen-bond donors (Lipinski definition) is 0. The second kappa shape index (κ2) is 4.84. The van der Waals surface area contributed by atoms with Crippen molar-refractivity contribution < 1.29 is 13.5 Å². The zero-order valence-electron chi connectivity index (χ0n) is 8.89. The molecule has 0 N–H and O–H groups in total. The van der Waals surface area contributed by atoms with Gasteiger partial charge in [0.2, 0.25) is 0 Å². The van der Waals surface area contributed by atoms with Gasteiger partial charge in [-0.05, 0) is 27.3 Å². The number of halogens is 2. The Hall–Kier alpha value is -0.480. The number of likely N-dealkylation sites (tertiary alicyclic amines) is 1. The fourth-order valence-electron chi connectivity index (χ4n) is 1.56. The van der Waals surface area contributed by atoms with Gasteiger partial charge in [0.1, 0.15) is 0 Å². The van der Waals surface area contributed by atoms with Crippen molar-refractivity contribution in [1.82, 2.24) is 4.90 Å². The molecule has 0 radical (unpaired) electrons. The molecule has 0 aromatic heterocycles. The van der Waals surface area contributed by atoms with Crippen molar-refractivity contribution in [3.63, 3.8) is 0 Å². The van der Waals surface area contributed by atoms with E-state index in [-0.39, 0.29) is 17.7 Å². The minimum Gasteiger partial charge on any atom is -0.377 e. The molecular formula is C10H17F2NO. The van der Waals surface area contributed by atoms with Crippen molar-refractivity contribution in [2.24, 2.45) is 0 Å². The SMILES string of the molecule is CC(C)OCC1CC(=C(F)F)CN1C. The standard InChI is InChI=1S/C10H17F2NO/c1-7(2)14-6-9-4-8(10(11)12)5-13(9)3/h7,9H,4-6H2,1-3H3. The van der Waals surface area contributed by atoms with Crippen molar-refractivity contribution in [3.05, 3.63) is 11.7 Å². The quantitative estimate of drug-likeness (QED) is 0.700. The maximum atomic E-state index is 12.3. The number of likely N-dealkylation sites (N-methyl/N-ethyl adjacent to an activating group) is 1. The number of hydrogen-bond acceptors (Lipinski definition) is 2. The second-order valence-corrected chi connectivity index (χ2v) is 4.02. The Labute approximate surface area is 83.5 Å². The van der Waals surface area contributed by atoms with Crippen LogP contribution in [0.25, 0.3) is 0 Å². The van der Waals surface area contributed by atoms with Crippen molar-refractivity contribution in [2.75, 3.05) is 20.2 Å². The van der Waals surface area contributed by atoms with E-state index in [1.54, 1.807) is 0 Å². The van der Waals surface area contributed by atoms with E-state index in [0.29, 0.717) is 19.6 Å². The monoisotopic (exact) mass is 205 g/mol. The Morgan fingerprint density at radius 1 is 1.57 bits per heavy atom. The fourth-order valence-corrected chi connectivity index (χ4v) is 1.56. The highest BCUT2D eigenvalue weighted by Crippen LogP contribution is 2.25. The molecule has 2 nitrogen and oxygen atoms in total. The minimum absolute atomic E-state index is 0.105. The van der Waals surface area contributed by atoms with Crippen LogP contribution in [0.15, 0.2) is 11.7 Å². The fraction of sp³-hybridized carbons (Fsp3) is 0.800. The molecule has 0 aromatic rings. The lowest BCUT2D eigenvalue weighted by Gasteiger charge is -2.19. The lowest BCUT2D eigenvalue weighted by Crippen LogP contribution is -2.30. The van der Waals surface area contributed by atoms with E-state index in [9.17, 15) is 8.78 Å². The maximum Gasteiger partial charge on any atom is 0.270 e. The Morgan fingerprint density at radius 2 is 2.21 bits per heavy atom. The zero-order valence-corrected chi connectivity index (χ0v) is 8.89. The molecule has 0 bridgehead atoms. The molecule has 4 heteroatoms. The molecule has 1 atom stereocenters. The Kier molecular flexibility index (Phi) is 4.01. The highest BCUT2D eigenvalue weighted by molar-refractivity contribution is 5.12. The molecular weight excluding hydrogens is 188 g/mol. The Morgan fingerprint density at radius 3 is 2.64 bits per heavy atom. The van der Waals surface area contributed by atoms with Gasteiger partial charge in [-0.1, -0.05) is 0 Å². The first-order valence-corrected chi connectivity index (χ1v) is 4.85. The van der Waals surface area contributed by atoms with Crippen LogP contribution in [0.1, 0.15) is 20.3 Å². The molecule has 14 heavy (non-hydrogen) atoms. The Balaban J connectivity index is 2.45. The molecule has 82 valence electrons. The van der Waals surface area contributed by atoms with Gasteiger partial charge in [0.05, 0.1) is 12.7 Å². The molecule has 1 unspecified atom stereocenters. The van der Waals surface area contributed by atoms with E-state index < -0.39 is 6.08 Å². The number of rotatable bonds is 3. The average molecular weight is 205 g/mol. The van der Waals surface area contributed by atoms with Crippen LogP contribution >= 0.6 is 0 Å². The molecule has 1 aliphatic heterocycles. The molecule has 0 amide bonds. The minimum atomic E-state index is -1.52. The summed E-state index contributed by atoms with van der Waals surface area (Å²) in [6.45, 7) is 4.79. The molecule has 0 aromatic carbocycles. The van der Waals surface area contributed by atoms with Gasteiger partial charge >= 0.3 is 0 Å². The van der Waals surface area contributed by atoms with Crippen molar-refractivity contribution in [1.29, 1.82) is 0 Å². The van der Waals surface area contributed by atoms with Gasteiger partial charge in [-0.25, -0.2) is 0 Å². The third kappa shape index (κ3) is 3.03. The summed E-state index contributed by atoms with van der Waals surface area (Å²) in [7, 11) is 1.85. The first-order valence-electron chi connectivity index (χ1n) is 4.85. The van der Waals surface area contributed by atoms with Gasteiger partial charge in [-0.15, -0.1) is 0 Å². The first kappa shape index (κ1) is 11.6. The third-order valence-corrected chi connectivity index (χ3v) is 2.43. The first-order chi connectivity index (χ1) is 6.50. The number of ether oxygens (including phenoxy) is 1. The molecule has 1 fully saturated rings. The van der Waals surface area contributed by atoms with Crippen molar-refractivity contribution in [3.8, 4) is 0 Å². The summed E-state index contributed by atoms with van der Waals surface area (Å²) >= 11 is 0. The van der Waals surface area contributed by atoms with Gasteiger partial charge in [0.25, 0.3) is 6.08 Å². The summed E-state index contributed by atoms with van der Waals surface area (Å²) in [5, 5.41) is 0. The molecule has 1 rings (SSSR count). The van der Waals surface area contributed by atoms with Gasteiger partial charge in [-0.2, -0.15) is 8.78 Å². The predicted molar refractivity (Wildman–Crippen MR) is 51.4 cm³/mol. The highest BCUT2D eigenvalue weighted by Gasteiger charge is 2.27. The van der Waals surface area contributed by atoms with Gasteiger partial charge in [0.15, 0.2) is 0 Å². The van der Waals surface area contributed by atoms with Crippen LogP contribution in [-0.4, -0.2) is 37.2 Å². The lowest BCUT2D eigenvalue weighted by molar-refractivity contribution is 0.0433. The summed E-state index contributed by atoms with van der Waals surface area (Å²) in [5.74, 6) is 0. The van der Waals surface area contributed by atoms with Crippen LogP contribution in [0.2, 0.25) is 0 Å². The molecule has 0 spiro atoms. The second-order valence-electron chi connectivity index (χ2n) is 4.02. The smallest absolute Gasteiger partial charge is 0.270 e. The highest BCUT2D eigenvalue weighted by atomic mass is 19.3. The van der Waals surface area contributed by atoms with Gasteiger partial charge < -0.3 is 4.74 Å². The third-order valence-electron chi connectivity index (χ3n) is 2.43. The van der Waals surface area contributed by atoms with E-state index in [1.165, 1.54) is 0 Å². The maximum absolute atomic E-state index is 12.3. The lowest BCUT2D eigenvalue weighted by atomic mass is 10.2. The molecule has 1 saturated heterocycles. The summed E-state index contributed by atoms with van der Waals surface area (Å²) in [5.41, 5.74) is 0.254. The Bertz CT molecular complexity index is 224. The van der Waals surface area contributed by atoms with E-state index in [2.05, 4.69) is 0 Å². The normalized spacial score (nSPS) is 23.6. The molecule has 0 saturated carbocycles. The van der Waals surface area contributed by atoms with Crippen LogP contribution in [0.3, 0.4) is 0 Å². The van der Waals surface area contributed by atoms with Crippen LogP contribution in [0.4, 0.5) is 8.78 Å². The van der Waals surface area contributed by atoms with Gasteiger partial charge in [-0.3, -0.25) is 4.90 Å². The van der Waals surface area contributed by atoms with E-state index in [1.807, 2.05) is 25.8 Å². The number of nitrogens with zero attached hydrogens (tertiary/aromatic N) is 1. The predicted octanol–water partition coefficient (Wildman–Crippen LogP) is 2.27. The van der Waals surface area contributed by atoms with Crippen LogP contribution in [0.5, 0.6) is 0 Å². The van der Waals surface area contributed by atoms with Crippen molar-refractivity contribution in [2.45, 2.75) is 32.4 Å². The summed E-state index contributed by atoms with van der Waals surface area (Å²) in [4.78, 5) is 1.91. The van der Waals surface area contributed by atoms with E-state index >= 15 is 0 Å². The molecule has 0 aliphatic carbocycles. The van der Waals surface area contributed by atoms with Crippen LogP contribution < -0.4 is 0 Å². The zero-order chi connectivity index (χ0) is 10.7. The largest absolute Gasteiger partial charge is 0.377 e.